The molecule has 1 saturated carbocycles. The Morgan fingerprint density at radius 2 is 1.81 bits per heavy atom. The van der Waals surface area contributed by atoms with E-state index in [1.807, 2.05) is 12.1 Å². The highest BCUT2D eigenvalue weighted by Crippen LogP contribution is 2.47. The lowest BCUT2D eigenvalue weighted by atomic mass is 10.0. The molecule has 0 spiro atoms. The fourth-order valence-corrected chi connectivity index (χ4v) is 5.14. The van der Waals surface area contributed by atoms with Gasteiger partial charge < -0.3 is 10.3 Å². The van der Waals surface area contributed by atoms with Crippen molar-refractivity contribution in [1.82, 2.24) is 25.2 Å². The number of aromatic amines is 1. The van der Waals surface area contributed by atoms with Crippen molar-refractivity contribution < 1.29 is 0 Å². The minimum Gasteiger partial charge on any atom is -0.339 e. The number of imidazole rings is 1. The molecule has 2 fully saturated rings. The summed E-state index contributed by atoms with van der Waals surface area (Å²) in [6.45, 7) is 5.46. The van der Waals surface area contributed by atoms with Crippen molar-refractivity contribution in [3.05, 3.63) is 84.3 Å². The Balaban J connectivity index is 1.05. The summed E-state index contributed by atoms with van der Waals surface area (Å²) in [5.41, 5.74) is 5.75. The standard InChI is InChI=1S/C26H27N5/c1-17(25-29-23-11-6-12-27-26(23)30-25)31-15-21-22(16-31)24(21)28-14-18-7-5-10-20(13-18)19-8-3-2-4-9-19/h2-13,17,21-22,24,28H,14-16H2,1H3,(H,27,29,30)/t17?,21-,22+,24?. The van der Waals surface area contributed by atoms with Gasteiger partial charge in [-0.1, -0.05) is 48.5 Å². The fourth-order valence-electron chi connectivity index (χ4n) is 5.14. The molecule has 1 aliphatic carbocycles. The topological polar surface area (TPSA) is 56.8 Å². The van der Waals surface area contributed by atoms with Crippen molar-refractivity contribution >= 4 is 11.2 Å². The summed E-state index contributed by atoms with van der Waals surface area (Å²) in [7, 11) is 0. The fraction of sp³-hybridized carbons (Fsp3) is 0.308. The van der Waals surface area contributed by atoms with Crippen molar-refractivity contribution in [2.75, 3.05) is 13.1 Å². The molecule has 4 atom stereocenters. The second-order valence-electron chi connectivity index (χ2n) is 8.93. The van der Waals surface area contributed by atoms with Gasteiger partial charge >= 0.3 is 0 Å². The van der Waals surface area contributed by atoms with Crippen LogP contribution in [-0.2, 0) is 6.54 Å². The van der Waals surface area contributed by atoms with Crippen LogP contribution in [0.3, 0.4) is 0 Å². The Labute approximate surface area is 182 Å². The van der Waals surface area contributed by atoms with E-state index >= 15 is 0 Å². The van der Waals surface area contributed by atoms with Crippen LogP contribution in [0.15, 0.2) is 72.9 Å². The van der Waals surface area contributed by atoms with Gasteiger partial charge in [0, 0.05) is 31.9 Å². The molecule has 5 nitrogen and oxygen atoms in total. The van der Waals surface area contributed by atoms with Crippen LogP contribution in [0.4, 0.5) is 0 Å². The minimum absolute atomic E-state index is 0.296. The number of hydrogen-bond donors (Lipinski definition) is 2. The Hall–Kier alpha value is -3.02. The molecule has 6 rings (SSSR count). The summed E-state index contributed by atoms with van der Waals surface area (Å²) < 4.78 is 0. The quantitative estimate of drug-likeness (QED) is 0.495. The monoisotopic (exact) mass is 409 g/mol. The van der Waals surface area contributed by atoms with Crippen LogP contribution in [0, 0.1) is 11.8 Å². The Bertz CT molecular complexity index is 1160. The predicted octanol–water partition coefficient (Wildman–Crippen LogP) is 4.41. The third-order valence-corrected chi connectivity index (χ3v) is 7.02. The van der Waals surface area contributed by atoms with Crippen LogP contribution in [0.5, 0.6) is 0 Å². The minimum atomic E-state index is 0.296. The van der Waals surface area contributed by atoms with E-state index in [2.05, 4.69) is 81.7 Å². The Morgan fingerprint density at radius 3 is 2.61 bits per heavy atom. The molecule has 0 radical (unpaired) electrons. The summed E-state index contributed by atoms with van der Waals surface area (Å²) >= 11 is 0. The molecule has 5 heteroatoms. The maximum Gasteiger partial charge on any atom is 0.177 e. The summed E-state index contributed by atoms with van der Waals surface area (Å²) in [4.78, 5) is 15.1. The van der Waals surface area contributed by atoms with Gasteiger partial charge in [0.25, 0.3) is 0 Å². The lowest BCUT2D eigenvalue weighted by Gasteiger charge is -2.25. The zero-order valence-corrected chi connectivity index (χ0v) is 17.7. The van der Waals surface area contributed by atoms with E-state index in [9.17, 15) is 0 Å². The van der Waals surface area contributed by atoms with Gasteiger partial charge in [-0.3, -0.25) is 4.90 Å². The largest absolute Gasteiger partial charge is 0.339 e. The number of fused-ring (bicyclic) bond motifs is 2. The van der Waals surface area contributed by atoms with Crippen molar-refractivity contribution in [1.29, 1.82) is 0 Å². The second kappa shape index (κ2) is 7.59. The van der Waals surface area contributed by atoms with E-state index in [-0.39, 0.29) is 0 Å². The van der Waals surface area contributed by atoms with Crippen LogP contribution in [0.1, 0.15) is 24.4 Å². The Kier molecular flexibility index (Phi) is 4.59. The molecule has 0 amide bonds. The van der Waals surface area contributed by atoms with Crippen molar-refractivity contribution in [3.63, 3.8) is 0 Å². The van der Waals surface area contributed by atoms with Crippen LogP contribution in [-0.4, -0.2) is 39.0 Å². The SMILES string of the molecule is CC(c1nc2ncccc2[nH]1)N1C[C@@H]2C(NCc3cccc(-c4ccccc4)c3)[C@@H]2C1. The van der Waals surface area contributed by atoms with Gasteiger partial charge in [-0.05, 0) is 53.6 Å². The molecular weight excluding hydrogens is 382 g/mol. The van der Waals surface area contributed by atoms with Gasteiger partial charge in [-0.25, -0.2) is 9.97 Å². The van der Waals surface area contributed by atoms with E-state index in [0.717, 1.165) is 48.5 Å². The van der Waals surface area contributed by atoms with E-state index in [0.29, 0.717) is 12.1 Å². The summed E-state index contributed by atoms with van der Waals surface area (Å²) in [5.74, 6) is 2.53. The number of aromatic nitrogens is 3. The van der Waals surface area contributed by atoms with Crippen LogP contribution < -0.4 is 5.32 Å². The first-order chi connectivity index (χ1) is 15.3. The van der Waals surface area contributed by atoms with Crippen LogP contribution in [0.25, 0.3) is 22.3 Å². The third kappa shape index (κ3) is 3.54. The molecule has 1 saturated heterocycles. The molecule has 2 N–H and O–H groups in total. The normalized spacial score (nSPS) is 23.7. The highest BCUT2D eigenvalue weighted by Gasteiger charge is 2.56. The number of piperidine rings is 1. The first-order valence-electron chi connectivity index (χ1n) is 11.2. The zero-order valence-electron chi connectivity index (χ0n) is 17.7. The van der Waals surface area contributed by atoms with Crippen molar-refractivity contribution in [2.45, 2.75) is 25.6 Å². The molecule has 0 bridgehead atoms. The van der Waals surface area contributed by atoms with E-state index in [4.69, 9.17) is 4.98 Å². The number of hydrogen-bond acceptors (Lipinski definition) is 4. The third-order valence-electron chi connectivity index (χ3n) is 7.02. The average molecular weight is 410 g/mol. The molecule has 1 aliphatic heterocycles. The predicted molar refractivity (Wildman–Crippen MR) is 123 cm³/mol. The molecule has 2 aromatic heterocycles. The summed E-state index contributed by atoms with van der Waals surface area (Å²) in [5, 5.41) is 3.81. The molecule has 156 valence electrons. The number of nitrogens with zero attached hydrogens (tertiary/aromatic N) is 3. The average Bonchev–Trinajstić information content (AvgIpc) is 3.16. The second-order valence-corrected chi connectivity index (χ2v) is 8.93. The van der Waals surface area contributed by atoms with E-state index in [1.165, 1.54) is 16.7 Å². The van der Waals surface area contributed by atoms with Gasteiger partial charge in [-0.15, -0.1) is 0 Å². The maximum absolute atomic E-state index is 4.70. The maximum atomic E-state index is 4.70. The van der Waals surface area contributed by atoms with Crippen molar-refractivity contribution in [3.8, 4) is 11.1 Å². The van der Waals surface area contributed by atoms with Crippen LogP contribution >= 0.6 is 0 Å². The van der Waals surface area contributed by atoms with E-state index in [1.54, 1.807) is 6.20 Å². The number of H-pyrrole nitrogens is 1. The smallest absolute Gasteiger partial charge is 0.177 e. The molecule has 2 unspecified atom stereocenters. The lowest BCUT2D eigenvalue weighted by molar-refractivity contribution is 0.219. The molecule has 3 heterocycles. The Morgan fingerprint density at radius 1 is 1.00 bits per heavy atom. The summed E-state index contributed by atoms with van der Waals surface area (Å²) in [6, 6.07) is 24.4. The number of likely N-dealkylation sites (tertiary alicyclic amines) is 1. The number of benzene rings is 2. The van der Waals surface area contributed by atoms with Gasteiger partial charge in [0.2, 0.25) is 0 Å². The number of pyridine rings is 1. The number of nitrogens with one attached hydrogen (secondary N) is 2. The van der Waals surface area contributed by atoms with E-state index < -0.39 is 0 Å². The van der Waals surface area contributed by atoms with Gasteiger partial charge in [0.1, 0.15) is 5.82 Å². The molecular formula is C26H27N5. The van der Waals surface area contributed by atoms with Crippen LogP contribution in [0.2, 0.25) is 0 Å². The zero-order chi connectivity index (χ0) is 20.8. The molecule has 2 aromatic carbocycles. The summed E-state index contributed by atoms with van der Waals surface area (Å²) in [6.07, 6.45) is 1.80. The lowest BCUT2D eigenvalue weighted by Crippen LogP contribution is -2.33. The highest BCUT2D eigenvalue weighted by atomic mass is 15.3. The van der Waals surface area contributed by atoms with Crippen molar-refractivity contribution in [2.24, 2.45) is 11.8 Å². The first-order valence-corrected chi connectivity index (χ1v) is 11.2. The highest BCUT2D eigenvalue weighted by molar-refractivity contribution is 5.70. The molecule has 31 heavy (non-hydrogen) atoms. The van der Waals surface area contributed by atoms with Gasteiger partial charge in [0.15, 0.2) is 5.65 Å². The van der Waals surface area contributed by atoms with Gasteiger partial charge in [0.05, 0.1) is 11.6 Å². The molecule has 4 aromatic rings. The first kappa shape index (κ1) is 18.7. The van der Waals surface area contributed by atoms with Gasteiger partial charge in [-0.2, -0.15) is 0 Å². The molecule has 2 aliphatic rings. The number of rotatable bonds is 6.